The summed E-state index contributed by atoms with van der Waals surface area (Å²) in [5.74, 6) is -0.754. The maximum atomic E-state index is 13.9. The predicted molar refractivity (Wildman–Crippen MR) is 91.7 cm³/mol. The zero-order valence-electron chi connectivity index (χ0n) is 12.8. The van der Waals surface area contributed by atoms with E-state index in [1.165, 1.54) is 6.07 Å². The van der Waals surface area contributed by atoms with E-state index in [-0.39, 0.29) is 12.5 Å². The first kappa shape index (κ1) is 16.6. The number of imide groups is 1. The molecule has 24 heavy (non-hydrogen) atoms. The van der Waals surface area contributed by atoms with Gasteiger partial charge in [-0.25, -0.2) is 9.18 Å². The van der Waals surface area contributed by atoms with Gasteiger partial charge in [-0.15, -0.1) is 0 Å². The van der Waals surface area contributed by atoms with Crippen molar-refractivity contribution in [1.29, 1.82) is 0 Å². The third kappa shape index (κ3) is 3.64. The number of amides is 3. The summed E-state index contributed by atoms with van der Waals surface area (Å²) in [5, 5.41) is 2.68. The minimum absolute atomic E-state index is 0.0639. The van der Waals surface area contributed by atoms with Crippen LogP contribution in [0.4, 0.5) is 9.18 Å². The fourth-order valence-electron chi connectivity index (χ4n) is 2.70. The average Bonchev–Trinajstić information content (AvgIpc) is 2.83. The molecule has 1 N–H and O–H groups in total. The van der Waals surface area contributed by atoms with Gasteiger partial charge in [-0.1, -0.05) is 52.3 Å². The van der Waals surface area contributed by atoms with Crippen molar-refractivity contribution in [2.75, 3.05) is 0 Å². The number of carbonyl (C=O) groups excluding carboxylic acids is 2. The lowest BCUT2D eigenvalue weighted by Crippen LogP contribution is -2.31. The number of rotatable bonds is 5. The van der Waals surface area contributed by atoms with Crippen molar-refractivity contribution in [3.8, 4) is 0 Å². The lowest BCUT2D eigenvalue weighted by molar-refractivity contribution is -0.128. The molecule has 3 rings (SSSR count). The Hall–Kier alpha value is -2.21. The van der Waals surface area contributed by atoms with Gasteiger partial charge in [-0.3, -0.25) is 9.69 Å². The fraction of sp³-hybridized carbons (Fsp3) is 0.222. The van der Waals surface area contributed by atoms with Crippen LogP contribution in [0.1, 0.15) is 17.5 Å². The molecule has 1 unspecified atom stereocenters. The Morgan fingerprint density at radius 3 is 2.58 bits per heavy atom. The Bertz CT molecular complexity index is 767. The molecule has 0 saturated carbocycles. The fourth-order valence-corrected chi connectivity index (χ4v) is 3.03. The second-order valence-electron chi connectivity index (χ2n) is 5.69. The summed E-state index contributed by atoms with van der Waals surface area (Å²) >= 11 is 3.19. The number of hydrogen-bond acceptors (Lipinski definition) is 2. The number of halogens is 2. The standard InChI is InChI=1S/C18H16BrFN2O2/c19-14-8-7-13(15(20)10-14)11-22-17(23)16(21-18(22)24)9-6-12-4-2-1-3-5-12/h1-5,7-8,10,16H,6,9,11H2,(H,21,24). The van der Waals surface area contributed by atoms with E-state index in [0.717, 1.165) is 10.5 Å². The van der Waals surface area contributed by atoms with Gasteiger partial charge in [-0.05, 0) is 30.5 Å². The van der Waals surface area contributed by atoms with E-state index < -0.39 is 17.9 Å². The Kier molecular flexibility index (Phi) is 4.94. The van der Waals surface area contributed by atoms with Gasteiger partial charge < -0.3 is 5.32 Å². The molecule has 6 heteroatoms. The van der Waals surface area contributed by atoms with Gasteiger partial charge in [-0.2, -0.15) is 0 Å². The van der Waals surface area contributed by atoms with Crippen LogP contribution in [0, 0.1) is 5.82 Å². The van der Waals surface area contributed by atoms with Crippen LogP contribution in [0.5, 0.6) is 0 Å². The van der Waals surface area contributed by atoms with Crippen LogP contribution in [0.3, 0.4) is 0 Å². The minimum atomic E-state index is -0.559. The number of aryl methyl sites for hydroxylation is 1. The lowest BCUT2D eigenvalue weighted by Gasteiger charge is -2.14. The first-order valence-electron chi connectivity index (χ1n) is 7.64. The number of benzene rings is 2. The molecular weight excluding hydrogens is 375 g/mol. The SMILES string of the molecule is O=C1NC(CCc2ccccc2)C(=O)N1Cc1ccc(Br)cc1F. The second-order valence-corrected chi connectivity index (χ2v) is 6.60. The van der Waals surface area contributed by atoms with E-state index in [1.807, 2.05) is 30.3 Å². The molecule has 124 valence electrons. The summed E-state index contributed by atoms with van der Waals surface area (Å²) in [7, 11) is 0. The van der Waals surface area contributed by atoms with Crippen LogP contribution in [0.15, 0.2) is 53.0 Å². The summed E-state index contributed by atoms with van der Waals surface area (Å²) in [6.07, 6.45) is 1.21. The van der Waals surface area contributed by atoms with E-state index in [0.29, 0.717) is 22.9 Å². The molecule has 1 saturated heterocycles. The quantitative estimate of drug-likeness (QED) is 0.792. The molecule has 2 aromatic carbocycles. The summed E-state index contributed by atoms with van der Waals surface area (Å²) in [4.78, 5) is 25.6. The third-order valence-electron chi connectivity index (χ3n) is 4.02. The number of hydrogen-bond donors (Lipinski definition) is 1. The molecule has 0 aromatic heterocycles. The molecule has 3 amide bonds. The summed E-state index contributed by atoms with van der Waals surface area (Å²) in [6, 6.07) is 13.3. The number of nitrogens with one attached hydrogen (secondary N) is 1. The Labute approximate surface area is 147 Å². The highest BCUT2D eigenvalue weighted by Gasteiger charge is 2.37. The van der Waals surface area contributed by atoms with Crippen LogP contribution < -0.4 is 5.32 Å². The smallest absolute Gasteiger partial charge is 0.325 e. The minimum Gasteiger partial charge on any atom is -0.326 e. The normalized spacial score (nSPS) is 17.2. The summed E-state index contributed by atoms with van der Waals surface area (Å²) in [6.45, 7) is -0.0639. The van der Waals surface area contributed by atoms with Crippen molar-refractivity contribution in [3.63, 3.8) is 0 Å². The Morgan fingerprint density at radius 2 is 1.88 bits per heavy atom. The van der Waals surface area contributed by atoms with E-state index in [1.54, 1.807) is 12.1 Å². The molecule has 0 spiro atoms. The number of carbonyl (C=O) groups is 2. The monoisotopic (exact) mass is 390 g/mol. The van der Waals surface area contributed by atoms with E-state index in [4.69, 9.17) is 0 Å². The van der Waals surface area contributed by atoms with Crippen molar-refractivity contribution < 1.29 is 14.0 Å². The van der Waals surface area contributed by atoms with Crippen LogP contribution in [0.25, 0.3) is 0 Å². The summed E-state index contributed by atoms with van der Waals surface area (Å²) in [5.41, 5.74) is 1.42. The van der Waals surface area contributed by atoms with Crippen molar-refractivity contribution >= 4 is 27.9 Å². The van der Waals surface area contributed by atoms with Crippen LogP contribution >= 0.6 is 15.9 Å². The van der Waals surface area contributed by atoms with Gasteiger partial charge in [0.1, 0.15) is 11.9 Å². The lowest BCUT2D eigenvalue weighted by atomic mass is 10.1. The van der Waals surface area contributed by atoms with Crippen molar-refractivity contribution in [2.45, 2.75) is 25.4 Å². The van der Waals surface area contributed by atoms with Gasteiger partial charge in [0, 0.05) is 10.0 Å². The average molecular weight is 391 g/mol. The van der Waals surface area contributed by atoms with Crippen LogP contribution in [-0.4, -0.2) is 22.9 Å². The van der Waals surface area contributed by atoms with Gasteiger partial charge in [0.15, 0.2) is 0 Å². The van der Waals surface area contributed by atoms with Crippen molar-refractivity contribution in [1.82, 2.24) is 10.2 Å². The highest BCUT2D eigenvalue weighted by Crippen LogP contribution is 2.20. The van der Waals surface area contributed by atoms with Crippen LogP contribution in [0.2, 0.25) is 0 Å². The Morgan fingerprint density at radius 1 is 1.12 bits per heavy atom. The van der Waals surface area contributed by atoms with Gasteiger partial charge >= 0.3 is 6.03 Å². The molecule has 1 heterocycles. The molecule has 1 fully saturated rings. The molecule has 1 aliphatic rings. The van der Waals surface area contributed by atoms with Crippen LogP contribution in [-0.2, 0) is 17.8 Å². The molecular formula is C18H16BrFN2O2. The molecule has 0 aliphatic carbocycles. The second kappa shape index (κ2) is 7.13. The first-order chi connectivity index (χ1) is 11.5. The molecule has 2 aromatic rings. The molecule has 1 atom stereocenters. The molecule has 4 nitrogen and oxygen atoms in total. The highest BCUT2D eigenvalue weighted by atomic mass is 79.9. The number of urea groups is 1. The maximum Gasteiger partial charge on any atom is 0.325 e. The van der Waals surface area contributed by atoms with Gasteiger partial charge in [0.25, 0.3) is 5.91 Å². The highest BCUT2D eigenvalue weighted by molar-refractivity contribution is 9.10. The largest absolute Gasteiger partial charge is 0.326 e. The van der Waals surface area contributed by atoms with E-state index in [9.17, 15) is 14.0 Å². The van der Waals surface area contributed by atoms with Gasteiger partial charge in [0.05, 0.1) is 6.54 Å². The first-order valence-corrected chi connectivity index (χ1v) is 8.43. The van der Waals surface area contributed by atoms with Crippen molar-refractivity contribution in [2.24, 2.45) is 0 Å². The predicted octanol–water partition coefficient (Wildman–Crippen LogP) is 3.64. The maximum absolute atomic E-state index is 13.9. The third-order valence-corrected chi connectivity index (χ3v) is 4.51. The Balaban J connectivity index is 1.65. The zero-order chi connectivity index (χ0) is 17.1. The molecule has 1 aliphatic heterocycles. The topological polar surface area (TPSA) is 49.4 Å². The molecule has 0 radical (unpaired) electrons. The summed E-state index contributed by atoms with van der Waals surface area (Å²) < 4.78 is 14.5. The van der Waals surface area contributed by atoms with E-state index >= 15 is 0 Å². The number of nitrogens with zero attached hydrogens (tertiary/aromatic N) is 1. The zero-order valence-corrected chi connectivity index (χ0v) is 14.4. The molecule has 0 bridgehead atoms. The van der Waals surface area contributed by atoms with Gasteiger partial charge in [0.2, 0.25) is 0 Å². The van der Waals surface area contributed by atoms with E-state index in [2.05, 4.69) is 21.2 Å². The van der Waals surface area contributed by atoms with Crippen molar-refractivity contribution in [3.05, 3.63) is 69.9 Å².